The van der Waals surface area contributed by atoms with Gasteiger partial charge in [-0.1, -0.05) is 11.6 Å². The van der Waals surface area contributed by atoms with Crippen LogP contribution in [0.25, 0.3) is 22.2 Å². The molecule has 0 fully saturated rings. The fourth-order valence-corrected chi connectivity index (χ4v) is 2.18. The molecule has 0 amide bonds. The number of benzene rings is 1. The number of methoxy groups -OCH3 is 1. The molecule has 0 aliphatic carbocycles. The first-order valence-corrected chi connectivity index (χ1v) is 6.45. The molecule has 8 heteroatoms. The molecule has 3 rings (SSSR count). The van der Waals surface area contributed by atoms with Crippen LogP contribution >= 0.6 is 11.6 Å². The van der Waals surface area contributed by atoms with Gasteiger partial charge in [-0.25, -0.2) is 0 Å². The monoisotopic (exact) mass is 328 g/mol. The van der Waals surface area contributed by atoms with E-state index in [1.54, 1.807) is 12.1 Å². The first-order chi connectivity index (χ1) is 10.4. The molecule has 0 spiro atoms. The Kier molecular flexibility index (Phi) is 3.44. The molecule has 4 nitrogen and oxygen atoms in total. The Bertz CT molecular complexity index is 828. The van der Waals surface area contributed by atoms with Crippen molar-refractivity contribution in [1.82, 2.24) is 10.2 Å². The van der Waals surface area contributed by atoms with Crippen molar-refractivity contribution in [2.24, 2.45) is 0 Å². The van der Waals surface area contributed by atoms with Gasteiger partial charge >= 0.3 is 6.18 Å². The maximum Gasteiger partial charge on any atom is 0.449 e. The third-order valence-corrected chi connectivity index (χ3v) is 3.26. The van der Waals surface area contributed by atoms with Crippen LogP contribution in [0.3, 0.4) is 0 Å². The van der Waals surface area contributed by atoms with E-state index >= 15 is 0 Å². The molecule has 0 radical (unpaired) electrons. The summed E-state index contributed by atoms with van der Waals surface area (Å²) in [7, 11) is 1.35. The minimum atomic E-state index is -4.59. The van der Waals surface area contributed by atoms with Gasteiger partial charge in [-0.2, -0.15) is 13.2 Å². The molecule has 0 aliphatic rings. The molecule has 0 unspecified atom stereocenters. The van der Waals surface area contributed by atoms with Gasteiger partial charge in [0.2, 0.25) is 5.76 Å². The van der Waals surface area contributed by atoms with Gasteiger partial charge in [-0.05, 0) is 30.3 Å². The molecule has 0 saturated heterocycles. The van der Waals surface area contributed by atoms with E-state index in [0.717, 1.165) is 6.07 Å². The summed E-state index contributed by atoms with van der Waals surface area (Å²) in [6.07, 6.45) is -4.59. The summed E-state index contributed by atoms with van der Waals surface area (Å²) >= 11 is 5.67. The number of halogens is 4. The predicted octanol–water partition coefficient (Wildman–Crippen LogP) is 4.57. The summed E-state index contributed by atoms with van der Waals surface area (Å²) in [5.41, 5.74) is 0.829. The van der Waals surface area contributed by atoms with Crippen LogP contribution in [0.4, 0.5) is 13.2 Å². The Hall–Kier alpha value is -2.28. The highest BCUT2D eigenvalue weighted by atomic mass is 35.5. The average Bonchev–Trinajstić information content (AvgIpc) is 2.92. The molecule has 3 aromatic rings. The number of nitrogens with zero attached hydrogens (tertiary/aromatic N) is 2. The molecule has 114 valence electrons. The minimum Gasteiger partial charge on any atom is -0.493 e. The third-order valence-electron chi connectivity index (χ3n) is 3.05. The summed E-state index contributed by atoms with van der Waals surface area (Å²) in [4.78, 5) is 0. The zero-order chi connectivity index (χ0) is 15.9. The lowest BCUT2D eigenvalue weighted by Gasteiger charge is -2.05. The molecule has 22 heavy (non-hydrogen) atoms. The fourth-order valence-electron chi connectivity index (χ4n) is 2.08. The summed E-state index contributed by atoms with van der Waals surface area (Å²) in [5, 5.41) is 8.00. The van der Waals surface area contributed by atoms with Crippen molar-refractivity contribution in [3.05, 3.63) is 41.2 Å². The van der Waals surface area contributed by atoms with Crippen LogP contribution in [0, 0.1) is 0 Å². The van der Waals surface area contributed by atoms with Crippen molar-refractivity contribution in [1.29, 1.82) is 0 Å². The Labute approximate surface area is 127 Å². The van der Waals surface area contributed by atoms with Gasteiger partial charge in [0, 0.05) is 10.9 Å². The first kappa shape index (κ1) is 14.6. The highest BCUT2D eigenvalue weighted by Crippen LogP contribution is 2.40. The highest BCUT2D eigenvalue weighted by Gasteiger charge is 2.36. The van der Waals surface area contributed by atoms with E-state index in [1.807, 2.05) is 0 Å². The molecular weight excluding hydrogens is 321 g/mol. The Morgan fingerprint density at radius 1 is 1.14 bits per heavy atom. The zero-order valence-electron chi connectivity index (χ0n) is 11.1. The van der Waals surface area contributed by atoms with E-state index in [2.05, 4.69) is 10.2 Å². The smallest absolute Gasteiger partial charge is 0.449 e. The maximum absolute atomic E-state index is 12.9. The summed E-state index contributed by atoms with van der Waals surface area (Å²) in [5.74, 6) is -0.897. The Morgan fingerprint density at radius 2 is 1.91 bits per heavy atom. The van der Waals surface area contributed by atoms with Gasteiger partial charge in [0.1, 0.15) is 0 Å². The SMILES string of the molecule is COc1ccc(-c2ccc(Cl)nn2)c2cc(C(F)(F)F)oc12. The number of furan rings is 1. The van der Waals surface area contributed by atoms with Crippen LogP contribution < -0.4 is 4.74 Å². The lowest BCUT2D eigenvalue weighted by Crippen LogP contribution is -2.01. The lowest BCUT2D eigenvalue weighted by atomic mass is 10.1. The number of alkyl halides is 3. The van der Waals surface area contributed by atoms with E-state index in [9.17, 15) is 13.2 Å². The highest BCUT2D eigenvalue weighted by molar-refractivity contribution is 6.29. The third kappa shape index (κ3) is 2.48. The molecule has 0 atom stereocenters. The quantitative estimate of drug-likeness (QED) is 0.691. The largest absolute Gasteiger partial charge is 0.493 e. The fraction of sp³-hybridized carbons (Fsp3) is 0.143. The second-order valence-corrected chi connectivity index (χ2v) is 4.80. The van der Waals surface area contributed by atoms with Crippen molar-refractivity contribution in [3.8, 4) is 17.0 Å². The van der Waals surface area contributed by atoms with Gasteiger partial charge in [-0.3, -0.25) is 0 Å². The van der Waals surface area contributed by atoms with Crippen molar-refractivity contribution in [2.75, 3.05) is 7.11 Å². The molecule has 2 heterocycles. The average molecular weight is 329 g/mol. The van der Waals surface area contributed by atoms with Gasteiger partial charge < -0.3 is 9.15 Å². The van der Waals surface area contributed by atoms with Crippen LogP contribution in [0.5, 0.6) is 5.75 Å². The van der Waals surface area contributed by atoms with E-state index in [-0.39, 0.29) is 21.9 Å². The lowest BCUT2D eigenvalue weighted by molar-refractivity contribution is -0.152. The molecule has 0 bridgehead atoms. The van der Waals surface area contributed by atoms with Crippen LogP contribution in [-0.2, 0) is 6.18 Å². The zero-order valence-corrected chi connectivity index (χ0v) is 11.9. The number of hydrogen-bond donors (Lipinski definition) is 0. The van der Waals surface area contributed by atoms with Crippen molar-refractivity contribution < 1.29 is 22.3 Å². The van der Waals surface area contributed by atoms with Gasteiger partial charge in [0.05, 0.1) is 12.8 Å². The van der Waals surface area contributed by atoms with Crippen LogP contribution in [-0.4, -0.2) is 17.3 Å². The van der Waals surface area contributed by atoms with Crippen LogP contribution in [0.15, 0.2) is 34.7 Å². The molecule has 1 aromatic carbocycles. The molecule has 0 saturated carbocycles. The topological polar surface area (TPSA) is 48.2 Å². The van der Waals surface area contributed by atoms with E-state index in [0.29, 0.717) is 11.3 Å². The number of hydrogen-bond acceptors (Lipinski definition) is 4. The second kappa shape index (κ2) is 5.17. The number of aromatic nitrogens is 2. The predicted molar refractivity (Wildman–Crippen MR) is 73.8 cm³/mol. The van der Waals surface area contributed by atoms with Crippen molar-refractivity contribution >= 4 is 22.6 Å². The standard InChI is InChI=1S/C14H8ClF3N2O2/c1-21-10-4-2-7(9-3-5-12(15)20-19-9)8-6-11(14(16,17)18)22-13(8)10/h2-6H,1H3. The molecule has 2 aromatic heterocycles. The van der Waals surface area contributed by atoms with Gasteiger partial charge in [0.15, 0.2) is 16.5 Å². The van der Waals surface area contributed by atoms with E-state index in [1.165, 1.54) is 19.2 Å². The summed E-state index contributed by atoms with van der Waals surface area (Å²) in [6, 6.07) is 7.09. The minimum absolute atomic E-state index is 0.00377. The van der Waals surface area contributed by atoms with E-state index < -0.39 is 11.9 Å². The van der Waals surface area contributed by atoms with Crippen LogP contribution in [0.1, 0.15) is 5.76 Å². The second-order valence-electron chi connectivity index (χ2n) is 4.41. The van der Waals surface area contributed by atoms with Crippen molar-refractivity contribution in [2.45, 2.75) is 6.18 Å². The number of rotatable bonds is 2. The molecule has 0 N–H and O–H groups in total. The number of ether oxygens (including phenoxy) is 1. The summed E-state index contributed by atoms with van der Waals surface area (Å²) in [6.45, 7) is 0. The first-order valence-electron chi connectivity index (χ1n) is 6.07. The normalized spacial score (nSPS) is 11.9. The molecule has 0 aliphatic heterocycles. The van der Waals surface area contributed by atoms with Gasteiger partial charge in [0.25, 0.3) is 0 Å². The maximum atomic E-state index is 12.9. The molecular formula is C14H8ClF3N2O2. The Morgan fingerprint density at radius 3 is 2.50 bits per heavy atom. The number of fused-ring (bicyclic) bond motifs is 1. The van der Waals surface area contributed by atoms with Crippen LogP contribution in [0.2, 0.25) is 5.15 Å². The summed E-state index contributed by atoms with van der Waals surface area (Å²) < 4.78 is 48.6. The van der Waals surface area contributed by atoms with Gasteiger partial charge in [-0.15, -0.1) is 10.2 Å². The Balaban J connectivity index is 2.27. The van der Waals surface area contributed by atoms with E-state index in [4.69, 9.17) is 20.8 Å². The van der Waals surface area contributed by atoms with Crippen molar-refractivity contribution in [3.63, 3.8) is 0 Å².